The molecule has 0 radical (unpaired) electrons. The van der Waals surface area contributed by atoms with Crippen LogP contribution >= 0.6 is 11.6 Å². The summed E-state index contributed by atoms with van der Waals surface area (Å²) in [6, 6.07) is 14.6. The second kappa shape index (κ2) is 6.67. The SMILES string of the molecule is C=CCc1cccc2c(=O)cc(/C=C/c3ccccc3Cl)oc12. The van der Waals surface area contributed by atoms with E-state index in [0.29, 0.717) is 28.2 Å². The van der Waals surface area contributed by atoms with Crippen molar-refractivity contribution < 1.29 is 4.42 Å². The third-order valence-corrected chi connectivity index (χ3v) is 3.90. The van der Waals surface area contributed by atoms with Crippen LogP contribution in [0.25, 0.3) is 23.1 Å². The first-order valence-electron chi connectivity index (χ1n) is 7.28. The fourth-order valence-electron chi connectivity index (χ4n) is 2.43. The number of rotatable bonds is 4. The molecule has 1 aromatic heterocycles. The molecule has 0 atom stereocenters. The molecule has 0 aliphatic heterocycles. The Bertz CT molecular complexity index is 951. The minimum Gasteiger partial charge on any atom is -0.456 e. The molecule has 2 aromatic carbocycles. The summed E-state index contributed by atoms with van der Waals surface area (Å²) >= 11 is 6.13. The predicted molar refractivity (Wildman–Crippen MR) is 96.8 cm³/mol. The second-order valence-corrected chi connectivity index (χ2v) is 5.56. The Morgan fingerprint density at radius 3 is 2.70 bits per heavy atom. The normalized spacial score (nSPS) is 11.2. The Labute approximate surface area is 139 Å². The van der Waals surface area contributed by atoms with Crippen molar-refractivity contribution in [2.24, 2.45) is 0 Å². The maximum absolute atomic E-state index is 12.3. The molecule has 1 heterocycles. The van der Waals surface area contributed by atoms with E-state index in [9.17, 15) is 4.79 Å². The lowest BCUT2D eigenvalue weighted by Crippen LogP contribution is -2.01. The lowest BCUT2D eigenvalue weighted by Gasteiger charge is -2.04. The van der Waals surface area contributed by atoms with Crippen molar-refractivity contribution in [3.8, 4) is 0 Å². The zero-order chi connectivity index (χ0) is 16.2. The quantitative estimate of drug-likeness (QED) is 0.606. The van der Waals surface area contributed by atoms with E-state index < -0.39 is 0 Å². The molecule has 3 heteroatoms. The number of hydrogen-bond donors (Lipinski definition) is 0. The van der Waals surface area contributed by atoms with Gasteiger partial charge in [0.05, 0.1) is 5.39 Å². The molecule has 0 saturated carbocycles. The lowest BCUT2D eigenvalue weighted by atomic mass is 10.1. The van der Waals surface area contributed by atoms with E-state index in [-0.39, 0.29) is 5.43 Å². The lowest BCUT2D eigenvalue weighted by molar-refractivity contribution is 0.587. The summed E-state index contributed by atoms with van der Waals surface area (Å²) in [5, 5.41) is 1.23. The van der Waals surface area contributed by atoms with Crippen LogP contribution < -0.4 is 5.43 Å². The molecule has 3 rings (SSSR count). The Hall–Kier alpha value is -2.58. The van der Waals surface area contributed by atoms with Crippen LogP contribution in [0.4, 0.5) is 0 Å². The van der Waals surface area contributed by atoms with E-state index in [1.807, 2.05) is 42.5 Å². The highest BCUT2D eigenvalue weighted by molar-refractivity contribution is 6.32. The molecule has 2 nitrogen and oxygen atoms in total. The van der Waals surface area contributed by atoms with Gasteiger partial charge < -0.3 is 4.42 Å². The van der Waals surface area contributed by atoms with Gasteiger partial charge >= 0.3 is 0 Å². The third kappa shape index (κ3) is 3.27. The van der Waals surface area contributed by atoms with E-state index in [4.69, 9.17) is 16.0 Å². The summed E-state index contributed by atoms with van der Waals surface area (Å²) in [7, 11) is 0. The molecule has 23 heavy (non-hydrogen) atoms. The van der Waals surface area contributed by atoms with Crippen molar-refractivity contribution >= 4 is 34.7 Å². The maximum atomic E-state index is 12.3. The monoisotopic (exact) mass is 322 g/mol. The summed E-state index contributed by atoms with van der Waals surface area (Å²) < 4.78 is 5.91. The van der Waals surface area contributed by atoms with Gasteiger partial charge in [-0.05, 0) is 41.8 Å². The van der Waals surface area contributed by atoms with Gasteiger partial charge in [-0.1, -0.05) is 48.0 Å². The Morgan fingerprint density at radius 2 is 1.91 bits per heavy atom. The third-order valence-electron chi connectivity index (χ3n) is 3.55. The molecule has 0 aliphatic carbocycles. The number of fused-ring (bicyclic) bond motifs is 1. The molecule has 3 aromatic rings. The predicted octanol–water partition coefficient (Wildman–Crippen LogP) is 5.35. The van der Waals surface area contributed by atoms with E-state index in [0.717, 1.165) is 11.1 Å². The van der Waals surface area contributed by atoms with Gasteiger partial charge in [0.25, 0.3) is 0 Å². The molecule has 0 aliphatic rings. The first-order valence-corrected chi connectivity index (χ1v) is 7.66. The zero-order valence-electron chi connectivity index (χ0n) is 12.5. The first-order chi connectivity index (χ1) is 11.2. The summed E-state index contributed by atoms with van der Waals surface area (Å²) in [5.74, 6) is 0.499. The molecule has 0 spiro atoms. The fraction of sp³-hybridized carbons (Fsp3) is 0.0500. The van der Waals surface area contributed by atoms with Gasteiger partial charge in [0, 0.05) is 11.1 Å². The molecule has 0 saturated heterocycles. The van der Waals surface area contributed by atoms with Gasteiger partial charge in [-0.3, -0.25) is 4.79 Å². The highest BCUT2D eigenvalue weighted by Crippen LogP contribution is 2.21. The molecule has 0 N–H and O–H groups in total. The topological polar surface area (TPSA) is 30.2 Å². The van der Waals surface area contributed by atoms with E-state index in [1.165, 1.54) is 6.07 Å². The van der Waals surface area contributed by atoms with Crippen LogP contribution in [0, 0.1) is 0 Å². The Morgan fingerprint density at radius 1 is 1.09 bits per heavy atom. The molecule has 114 valence electrons. The van der Waals surface area contributed by atoms with Gasteiger partial charge in [0.2, 0.25) is 0 Å². The van der Waals surface area contributed by atoms with Crippen molar-refractivity contribution in [2.45, 2.75) is 6.42 Å². The minimum absolute atomic E-state index is 0.0593. The number of allylic oxidation sites excluding steroid dienone is 1. The smallest absolute Gasteiger partial charge is 0.193 e. The van der Waals surface area contributed by atoms with Crippen LogP contribution in [0.1, 0.15) is 16.9 Å². The van der Waals surface area contributed by atoms with Gasteiger partial charge in [0.15, 0.2) is 5.43 Å². The Kier molecular flexibility index (Phi) is 4.45. The van der Waals surface area contributed by atoms with Crippen LogP contribution in [0.3, 0.4) is 0 Å². The highest BCUT2D eigenvalue weighted by Gasteiger charge is 2.07. The van der Waals surface area contributed by atoms with E-state index in [2.05, 4.69) is 6.58 Å². The van der Waals surface area contributed by atoms with Crippen molar-refractivity contribution in [1.82, 2.24) is 0 Å². The number of benzene rings is 2. The molecular formula is C20H15ClO2. The minimum atomic E-state index is -0.0593. The molecular weight excluding hydrogens is 308 g/mol. The first kappa shape index (κ1) is 15.3. The molecule has 0 fully saturated rings. The Balaban J connectivity index is 2.09. The van der Waals surface area contributed by atoms with Crippen molar-refractivity contribution in [3.63, 3.8) is 0 Å². The zero-order valence-corrected chi connectivity index (χ0v) is 13.2. The number of halogens is 1. The van der Waals surface area contributed by atoms with Crippen molar-refractivity contribution in [3.05, 3.63) is 93.3 Å². The van der Waals surface area contributed by atoms with E-state index >= 15 is 0 Å². The second-order valence-electron chi connectivity index (χ2n) is 5.15. The maximum Gasteiger partial charge on any atom is 0.193 e. The standard InChI is InChI=1S/C20H15ClO2/c1-2-6-15-8-5-9-17-19(22)13-16(23-20(15)17)12-11-14-7-3-4-10-18(14)21/h2-5,7-13H,1,6H2/b12-11+. The van der Waals surface area contributed by atoms with Crippen LogP contribution in [-0.4, -0.2) is 0 Å². The fourth-order valence-corrected chi connectivity index (χ4v) is 2.63. The summed E-state index contributed by atoms with van der Waals surface area (Å²) in [6.45, 7) is 3.74. The summed E-state index contributed by atoms with van der Waals surface area (Å²) in [5.41, 5.74) is 2.37. The molecule has 0 bridgehead atoms. The number of para-hydroxylation sites is 1. The van der Waals surface area contributed by atoms with E-state index in [1.54, 1.807) is 18.2 Å². The molecule has 0 unspecified atom stereocenters. The summed E-state index contributed by atoms with van der Waals surface area (Å²) in [6.07, 6.45) is 6.04. The average molecular weight is 323 g/mol. The largest absolute Gasteiger partial charge is 0.456 e. The van der Waals surface area contributed by atoms with Gasteiger partial charge in [-0.25, -0.2) is 0 Å². The van der Waals surface area contributed by atoms with Crippen LogP contribution in [0.15, 0.2) is 70.4 Å². The number of hydrogen-bond acceptors (Lipinski definition) is 2. The molecule has 0 amide bonds. The van der Waals surface area contributed by atoms with Gasteiger partial charge in [-0.15, -0.1) is 6.58 Å². The van der Waals surface area contributed by atoms with Crippen LogP contribution in [0.2, 0.25) is 5.02 Å². The van der Waals surface area contributed by atoms with Gasteiger partial charge in [0.1, 0.15) is 11.3 Å². The van der Waals surface area contributed by atoms with Gasteiger partial charge in [-0.2, -0.15) is 0 Å². The average Bonchev–Trinajstić information content (AvgIpc) is 2.55. The van der Waals surface area contributed by atoms with Crippen molar-refractivity contribution in [1.29, 1.82) is 0 Å². The highest BCUT2D eigenvalue weighted by atomic mass is 35.5. The summed E-state index contributed by atoms with van der Waals surface area (Å²) in [4.78, 5) is 12.3. The van der Waals surface area contributed by atoms with Crippen molar-refractivity contribution in [2.75, 3.05) is 0 Å². The van der Waals surface area contributed by atoms with Crippen LogP contribution in [-0.2, 0) is 6.42 Å². The van der Waals surface area contributed by atoms with Crippen LogP contribution in [0.5, 0.6) is 0 Å².